The molecule has 1 aromatic rings. The molecule has 4 heteroatoms. The number of hydrogen-bond acceptors (Lipinski definition) is 3. The second kappa shape index (κ2) is 5.27. The van der Waals surface area contributed by atoms with Crippen molar-refractivity contribution in [1.29, 1.82) is 0 Å². The van der Waals surface area contributed by atoms with Gasteiger partial charge in [-0.05, 0) is 40.4 Å². The van der Waals surface area contributed by atoms with Gasteiger partial charge in [0.25, 0.3) is 0 Å². The molecule has 1 heterocycles. The summed E-state index contributed by atoms with van der Waals surface area (Å²) in [7, 11) is 0. The van der Waals surface area contributed by atoms with Gasteiger partial charge in [-0.3, -0.25) is 0 Å². The lowest BCUT2D eigenvalue weighted by atomic mass is 10.2. The van der Waals surface area contributed by atoms with E-state index in [1.165, 1.54) is 4.88 Å². The molecule has 1 atom stereocenters. The van der Waals surface area contributed by atoms with Crippen molar-refractivity contribution >= 4 is 39.0 Å². The van der Waals surface area contributed by atoms with Crippen molar-refractivity contribution in [2.45, 2.75) is 12.5 Å². The van der Waals surface area contributed by atoms with E-state index in [9.17, 15) is 0 Å². The van der Waals surface area contributed by atoms with Crippen molar-refractivity contribution in [3.63, 3.8) is 0 Å². The topological polar surface area (TPSA) is 26.0 Å². The molecular weight excluding hydrogens is 254 g/mol. The number of halogens is 1. The predicted octanol–water partition coefficient (Wildman–Crippen LogP) is 3.26. The zero-order valence-corrected chi connectivity index (χ0v) is 10.1. The van der Waals surface area contributed by atoms with Gasteiger partial charge in [-0.15, -0.1) is 11.3 Å². The van der Waals surface area contributed by atoms with Crippen molar-refractivity contribution in [2.24, 2.45) is 5.73 Å². The van der Waals surface area contributed by atoms with Crippen LogP contribution in [0.5, 0.6) is 0 Å². The van der Waals surface area contributed by atoms with Gasteiger partial charge in [-0.1, -0.05) is 0 Å². The molecule has 68 valence electrons. The van der Waals surface area contributed by atoms with E-state index in [2.05, 4.69) is 33.6 Å². The summed E-state index contributed by atoms with van der Waals surface area (Å²) in [4.78, 5) is 1.27. The quantitative estimate of drug-likeness (QED) is 0.905. The van der Waals surface area contributed by atoms with E-state index in [0.29, 0.717) is 0 Å². The molecular formula is C8H12BrNS2. The molecule has 0 saturated carbocycles. The van der Waals surface area contributed by atoms with Crippen LogP contribution in [-0.4, -0.2) is 12.0 Å². The lowest BCUT2D eigenvalue weighted by Gasteiger charge is -2.06. The lowest BCUT2D eigenvalue weighted by molar-refractivity contribution is 0.719. The van der Waals surface area contributed by atoms with E-state index in [-0.39, 0.29) is 6.04 Å². The zero-order chi connectivity index (χ0) is 8.97. The maximum atomic E-state index is 5.97. The highest BCUT2D eigenvalue weighted by Crippen LogP contribution is 2.26. The molecule has 0 fully saturated rings. The zero-order valence-electron chi connectivity index (χ0n) is 6.92. The highest BCUT2D eigenvalue weighted by Gasteiger charge is 2.07. The standard InChI is InChI=1S/C8H12BrNS2/c1-11-3-2-7(10)8-4-6(9)5-12-8/h4-5,7H,2-3,10H2,1H3. The first-order chi connectivity index (χ1) is 5.74. The Hall–Kier alpha value is 0.490. The molecule has 0 saturated heterocycles. The SMILES string of the molecule is CSCCC(N)c1cc(Br)cs1. The molecule has 12 heavy (non-hydrogen) atoms. The van der Waals surface area contributed by atoms with Crippen LogP contribution < -0.4 is 5.73 Å². The number of nitrogens with two attached hydrogens (primary N) is 1. The summed E-state index contributed by atoms with van der Waals surface area (Å²) in [5.41, 5.74) is 5.97. The minimum absolute atomic E-state index is 0.216. The van der Waals surface area contributed by atoms with Crippen molar-refractivity contribution in [3.05, 3.63) is 20.8 Å². The van der Waals surface area contributed by atoms with Crippen LogP contribution in [0.4, 0.5) is 0 Å². The van der Waals surface area contributed by atoms with Crippen LogP contribution in [0.25, 0.3) is 0 Å². The Bertz CT molecular complexity index is 237. The van der Waals surface area contributed by atoms with Gasteiger partial charge in [0.15, 0.2) is 0 Å². The Morgan fingerprint density at radius 1 is 1.75 bits per heavy atom. The summed E-state index contributed by atoms with van der Waals surface area (Å²) in [5.74, 6) is 1.14. The van der Waals surface area contributed by atoms with E-state index in [1.54, 1.807) is 11.3 Å². The van der Waals surface area contributed by atoms with Crippen LogP contribution in [0, 0.1) is 0 Å². The molecule has 1 aromatic heterocycles. The van der Waals surface area contributed by atoms with Crippen LogP contribution in [0.3, 0.4) is 0 Å². The third-order valence-corrected chi connectivity index (χ3v) is 4.06. The molecule has 0 aliphatic heterocycles. The van der Waals surface area contributed by atoms with Crippen molar-refractivity contribution in [3.8, 4) is 0 Å². The van der Waals surface area contributed by atoms with E-state index < -0.39 is 0 Å². The molecule has 0 amide bonds. The fraction of sp³-hybridized carbons (Fsp3) is 0.500. The van der Waals surface area contributed by atoms with Crippen LogP contribution in [-0.2, 0) is 0 Å². The van der Waals surface area contributed by atoms with E-state index in [4.69, 9.17) is 5.73 Å². The smallest absolute Gasteiger partial charge is 0.0398 e. The largest absolute Gasteiger partial charge is 0.323 e. The number of thiophene rings is 1. The summed E-state index contributed by atoms with van der Waals surface area (Å²) in [6, 6.07) is 2.32. The molecule has 1 unspecified atom stereocenters. The summed E-state index contributed by atoms with van der Waals surface area (Å²) in [5, 5.41) is 2.08. The van der Waals surface area contributed by atoms with Gasteiger partial charge in [0, 0.05) is 20.8 Å². The second-order valence-electron chi connectivity index (χ2n) is 2.56. The monoisotopic (exact) mass is 265 g/mol. The van der Waals surface area contributed by atoms with Crippen LogP contribution >= 0.6 is 39.0 Å². The molecule has 0 radical (unpaired) electrons. The van der Waals surface area contributed by atoms with Crippen molar-refractivity contribution < 1.29 is 0 Å². The maximum Gasteiger partial charge on any atom is 0.0398 e. The average molecular weight is 266 g/mol. The Balaban J connectivity index is 2.47. The van der Waals surface area contributed by atoms with Crippen LogP contribution in [0.15, 0.2) is 15.9 Å². The number of rotatable bonds is 4. The molecule has 0 aliphatic carbocycles. The Labute approximate surface area is 89.9 Å². The van der Waals surface area contributed by atoms with Crippen LogP contribution in [0.1, 0.15) is 17.3 Å². The number of thioether (sulfide) groups is 1. The van der Waals surface area contributed by atoms with Gasteiger partial charge in [0.2, 0.25) is 0 Å². The summed E-state index contributed by atoms with van der Waals surface area (Å²) >= 11 is 6.99. The highest BCUT2D eigenvalue weighted by atomic mass is 79.9. The fourth-order valence-electron chi connectivity index (χ4n) is 0.910. The maximum absolute atomic E-state index is 5.97. The molecule has 1 nitrogen and oxygen atoms in total. The van der Waals surface area contributed by atoms with Gasteiger partial charge in [-0.25, -0.2) is 0 Å². The van der Waals surface area contributed by atoms with E-state index >= 15 is 0 Å². The first-order valence-electron chi connectivity index (χ1n) is 3.72. The molecule has 0 bridgehead atoms. The third kappa shape index (κ3) is 3.09. The normalized spacial score (nSPS) is 13.2. The highest BCUT2D eigenvalue weighted by molar-refractivity contribution is 9.10. The molecule has 2 N–H and O–H groups in total. The minimum Gasteiger partial charge on any atom is -0.323 e. The van der Waals surface area contributed by atoms with E-state index in [1.807, 2.05) is 11.8 Å². The Morgan fingerprint density at radius 2 is 2.50 bits per heavy atom. The fourth-order valence-corrected chi connectivity index (χ4v) is 2.88. The van der Waals surface area contributed by atoms with Crippen LogP contribution in [0.2, 0.25) is 0 Å². The lowest BCUT2D eigenvalue weighted by Crippen LogP contribution is -2.09. The Kier molecular flexibility index (Phi) is 4.64. The predicted molar refractivity (Wildman–Crippen MR) is 61.9 cm³/mol. The van der Waals surface area contributed by atoms with Gasteiger partial charge in [-0.2, -0.15) is 11.8 Å². The Morgan fingerprint density at radius 3 is 3.00 bits per heavy atom. The molecule has 0 aromatic carbocycles. The summed E-state index contributed by atoms with van der Waals surface area (Å²) in [6.07, 6.45) is 3.17. The van der Waals surface area contributed by atoms with Gasteiger partial charge in [0.1, 0.15) is 0 Å². The molecule has 0 aliphatic rings. The van der Waals surface area contributed by atoms with Crippen molar-refractivity contribution in [2.75, 3.05) is 12.0 Å². The summed E-state index contributed by atoms with van der Waals surface area (Å²) < 4.78 is 1.14. The minimum atomic E-state index is 0.216. The molecule has 0 spiro atoms. The third-order valence-electron chi connectivity index (χ3n) is 1.59. The summed E-state index contributed by atoms with van der Waals surface area (Å²) in [6.45, 7) is 0. The van der Waals surface area contributed by atoms with E-state index in [0.717, 1.165) is 16.6 Å². The first kappa shape index (κ1) is 10.6. The van der Waals surface area contributed by atoms with Gasteiger partial charge in [0.05, 0.1) is 0 Å². The van der Waals surface area contributed by atoms with Crippen molar-refractivity contribution in [1.82, 2.24) is 0 Å². The average Bonchev–Trinajstić information content (AvgIpc) is 2.47. The molecule has 1 rings (SSSR count). The second-order valence-corrected chi connectivity index (χ2v) is 5.40. The van der Waals surface area contributed by atoms with Gasteiger partial charge < -0.3 is 5.73 Å². The van der Waals surface area contributed by atoms with Gasteiger partial charge >= 0.3 is 0 Å². The number of hydrogen-bond donors (Lipinski definition) is 1. The first-order valence-corrected chi connectivity index (χ1v) is 6.79.